The Morgan fingerprint density at radius 2 is 2.19 bits per heavy atom. The highest BCUT2D eigenvalue weighted by molar-refractivity contribution is 8.00. The molecule has 1 fully saturated rings. The topological polar surface area (TPSA) is 118 Å². The van der Waals surface area contributed by atoms with Crippen molar-refractivity contribution in [2.75, 3.05) is 11.6 Å². The number of nitro groups is 1. The van der Waals surface area contributed by atoms with Crippen LogP contribution in [-0.4, -0.2) is 46.4 Å². The van der Waals surface area contributed by atoms with Crippen LogP contribution in [0.1, 0.15) is 5.56 Å². The first-order valence-corrected chi connectivity index (χ1v) is 8.42. The van der Waals surface area contributed by atoms with Crippen molar-refractivity contribution in [1.29, 1.82) is 0 Å². The number of aryl methyl sites for hydroxylation is 1. The van der Waals surface area contributed by atoms with Crippen molar-refractivity contribution >= 4 is 33.4 Å². The Balaban J connectivity index is 2.60. The molecule has 0 bridgehead atoms. The number of hydrogen-bond acceptors (Lipinski definition) is 6. The van der Waals surface area contributed by atoms with Crippen LogP contribution in [0.5, 0.6) is 0 Å². The summed E-state index contributed by atoms with van der Waals surface area (Å²) in [7, 11) is -4.25. The molecule has 1 saturated heterocycles. The fourth-order valence-corrected chi connectivity index (χ4v) is 5.59. The minimum atomic E-state index is -4.25. The zero-order valence-corrected chi connectivity index (χ0v) is 12.6. The van der Waals surface area contributed by atoms with Gasteiger partial charge in [-0.15, -0.1) is 11.8 Å². The Kier molecular flexibility index (Phi) is 4.21. The van der Waals surface area contributed by atoms with Gasteiger partial charge in [-0.2, -0.15) is 4.31 Å². The molecule has 0 aliphatic carbocycles. The van der Waals surface area contributed by atoms with E-state index in [-0.39, 0.29) is 17.2 Å². The minimum absolute atomic E-state index is 0.0369. The van der Waals surface area contributed by atoms with Crippen molar-refractivity contribution in [2.45, 2.75) is 17.9 Å². The number of sulfonamides is 1. The van der Waals surface area contributed by atoms with Crippen molar-refractivity contribution in [3.63, 3.8) is 0 Å². The van der Waals surface area contributed by atoms with E-state index in [0.717, 1.165) is 22.1 Å². The Bertz CT molecular complexity index is 703. The molecule has 21 heavy (non-hydrogen) atoms. The second kappa shape index (κ2) is 5.62. The summed E-state index contributed by atoms with van der Waals surface area (Å²) in [6.45, 7) is 1.44. The maximum atomic E-state index is 12.6. The molecule has 1 aromatic carbocycles. The Hall–Kier alpha value is -1.65. The second-order valence-corrected chi connectivity index (χ2v) is 7.25. The molecule has 10 heteroatoms. The lowest BCUT2D eigenvalue weighted by Gasteiger charge is -2.20. The van der Waals surface area contributed by atoms with Crippen LogP contribution in [0.3, 0.4) is 0 Å². The van der Waals surface area contributed by atoms with Crippen molar-refractivity contribution in [2.24, 2.45) is 0 Å². The highest BCUT2D eigenvalue weighted by Crippen LogP contribution is 2.34. The zero-order valence-electron chi connectivity index (χ0n) is 10.9. The van der Waals surface area contributed by atoms with Gasteiger partial charge in [-0.25, -0.2) is 8.42 Å². The number of nitrogens with zero attached hydrogens (tertiary/aromatic N) is 2. The molecule has 1 aliphatic rings. The lowest BCUT2D eigenvalue weighted by Crippen LogP contribution is -2.42. The van der Waals surface area contributed by atoms with Gasteiger partial charge in [-0.3, -0.25) is 14.9 Å². The number of carboxylic acid groups (broad SMARTS) is 1. The molecule has 0 amide bonds. The molecule has 0 radical (unpaired) electrons. The third-order valence-electron chi connectivity index (χ3n) is 3.08. The van der Waals surface area contributed by atoms with E-state index in [9.17, 15) is 23.3 Å². The average Bonchev–Trinajstić information content (AvgIpc) is 2.88. The molecule has 1 N–H and O–H groups in total. The monoisotopic (exact) mass is 332 g/mol. The van der Waals surface area contributed by atoms with Crippen molar-refractivity contribution in [3.8, 4) is 0 Å². The molecule has 114 valence electrons. The average molecular weight is 332 g/mol. The van der Waals surface area contributed by atoms with E-state index in [4.69, 9.17) is 5.11 Å². The first kappa shape index (κ1) is 15.7. The highest BCUT2D eigenvalue weighted by Gasteiger charge is 2.43. The molecule has 1 aliphatic heterocycles. The molecule has 0 spiro atoms. The highest BCUT2D eigenvalue weighted by atomic mass is 32.2. The van der Waals surface area contributed by atoms with Crippen molar-refractivity contribution in [1.82, 2.24) is 4.31 Å². The van der Waals surface area contributed by atoms with Gasteiger partial charge >= 0.3 is 5.97 Å². The van der Waals surface area contributed by atoms with Crippen LogP contribution in [0.4, 0.5) is 5.69 Å². The zero-order chi connectivity index (χ0) is 15.8. The van der Waals surface area contributed by atoms with Gasteiger partial charge in [0, 0.05) is 11.8 Å². The summed E-state index contributed by atoms with van der Waals surface area (Å²) in [4.78, 5) is 21.0. The number of carbonyl (C=O) groups is 1. The first-order chi connectivity index (χ1) is 9.76. The van der Waals surface area contributed by atoms with Gasteiger partial charge in [0.15, 0.2) is 4.90 Å². The summed E-state index contributed by atoms with van der Waals surface area (Å²) in [5, 5.41) is 20.1. The number of rotatable bonds is 4. The third kappa shape index (κ3) is 2.74. The van der Waals surface area contributed by atoms with Gasteiger partial charge in [-0.1, -0.05) is 12.1 Å². The molecule has 8 nitrogen and oxygen atoms in total. The van der Waals surface area contributed by atoms with E-state index in [1.54, 1.807) is 0 Å². The summed E-state index contributed by atoms with van der Waals surface area (Å²) in [6.07, 6.45) is 0. The van der Waals surface area contributed by atoms with Crippen LogP contribution in [-0.2, 0) is 14.8 Å². The van der Waals surface area contributed by atoms with E-state index in [0.29, 0.717) is 0 Å². The van der Waals surface area contributed by atoms with E-state index >= 15 is 0 Å². The number of benzene rings is 1. The number of carboxylic acids is 1. The fourth-order valence-electron chi connectivity index (χ4n) is 2.09. The number of hydrogen-bond donors (Lipinski definition) is 1. The molecule has 0 aromatic heterocycles. The Labute approximate surface area is 125 Å². The van der Waals surface area contributed by atoms with Gasteiger partial charge in [-0.05, 0) is 12.5 Å². The van der Waals surface area contributed by atoms with Gasteiger partial charge in [0.1, 0.15) is 6.04 Å². The molecule has 2 rings (SSSR count). The number of thioether (sulfide) groups is 1. The van der Waals surface area contributed by atoms with E-state index in [2.05, 4.69) is 0 Å². The smallest absolute Gasteiger partial charge is 0.322 e. The number of aliphatic carboxylic acids is 1. The maximum Gasteiger partial charge on any atom is 0.322 e. The second-order valence-electron chi connectivity index (χ2n) is 4.43. The van der Waals surface area contributed by atoms with E-state index in [1.165, 1.54) is 19.1 Å². The van der Waals surface area contributed by atoms with Gasteiger partial charge in [0.25, 0.3) is 15.7 Å². The Morgan fingerprint density at radius 1 is 1.52 bits per heavy atom. The summed E-state index contributed by atoms with van der Waals surface area (Å²) in [5.41, 5.74) is -0.332. The molecule has 1 heterocycles. The van der Waals surface area contributed by atoms with Gasteiger partial charge in [0.05, 0.1) is 10.8 Å². The predicted molar refractivity (Wildman–Crippen MR) is 75.6 cm³/mol. The van der Waals surface area contributed by atoms with E-state index in [1.807, 2.05) is 0 Å². The lowest BCUT2D eigenvalue weighted by atomic mass is 10.2. The van der Waals surface area contributed by atoms with Crippen LogP contribution in [0.2, 0.25) is 0 Å². The molecule has 1 atom stereocenters. The third-order valence-corrected chi connectivity index (χ3v) is 6.31. The molecule has 0 unspecified atom stereocenters. The summed E-state index contributed by atoms with van der Waals surface area (Å²) in [5.74, 6) is -1.18. The fraction of sp³-hybridized carbons (Fsp3) is 0.364. The number of nitro benzene ring substituents is 1. The summed E-state index contributed by atoms with van der Waals surface area (Å²) < 4.78 is 26.1. The normalized spacial score (nSPS) is 19.6. The molecule has 1 aromatic rings. The molecular weight excluding hydrogens is 320 g/mol. The van der Waals surface area contributed by atoms with E-state index < -0.39 is 37.5 Å². The molecule has 0 saturated carbocycles. The standard InChI is InChI=1S/C11H12N2O6S2/c1-7-3-2-4-8(13(16)17)10(7)21(18,19)12-6-20-5-9(12)11(14)15/h2-4,9H,5-6H2,1H3,(H,14,15)/t9-/m0/s1. The van der Waals surface area contributed by atoms with Crippen LogP contribution >= 0.6 is 11.8 Å². The largest absolute Gasteiger partial charge is 0.480 e. The van der Waals surface area contributed by atoms with Crippen LogP contribution in [0.25, 0.3) is 0 Å². The van der Waals surface area contributed by atoms with Gasteiger partial charge in [0.2, 0.25) is 0 Å². The summed E-state index contributed by atoms with van der Waals surface area (Å²) >= 11 is 1.16. The minimum Gasteiger partial charge on any atom is -0.480 e. The Morgan fingerprint density at radius 3 is 2.76 bits per heavy atom. The predicted octanol–water partition coefficient (Wildman–Crippen LogP) is 1.05. The summed E-state index contributed by atoms with van der Waals surface area (Å²) in [6, 6.07) is 2.72. The van der Waals surface area contributed by atoms with Crippen LogP contribution in [0.15, 0.2) is 23.1 Å². The lowest BCUT2D eigenvalue weighted by molar-refractivity contribution is -0.387. The quantitative estimate of drug-likeness (QED) is 0.646. The SMILES string of the molecule is Cc1cccc([N+](=O)[O-])c1S(=O)(=O)N1CSC[C@H]1C(=O)O. The van der Waals surface area contributed by atoms with Crippen LogP contribution in [0, 0.1) is 17.0 Å². The molecular formula is C11H12N2O6S2. The van der Waals surface area contributed by atoms with Crippen LogP contribution < -0.4 is 0 Å². The van der Waals surface area contributed by atoms with Crippen molar-refractivity contribution < 1.29 is 23.2 Å². The van der Waals surface area contributed by atoms with Gasteiger partial charge < -0.3 is 5.11 Å². The first-order valence-electron chi connectivity index (χ1n) is 5.83. The van der Waals surface area contributed by atoms with Crippen molar-refractivity contribution in [3.05, 3.63) is 33.9 Å². The maximum absolute atomic E-state index is 12.6.